The molecule has 0 unspecified atom stereocenters. The molecular formula is C21H17N5O2S. The summed E-state index contributed by atoms with van der Waals surface area (Å²) in [7, 11) is 0. The lowest BCUT2D eigenvalue weighted by molar-refractivity contribution is 0.101. The van der Waals surface area contributed by atoms with Gasteiger partial charge in [0.2, 0.25) is 0 Å². The highest BCUT2D eigenvalue weighted by Crippen LogP contribution is 2.31. The van der Waals surface area contributed by atoms with Crippen LogP contribution in [-0.2, 0) is 6.54 Å². The molecule has 0 aliphatic rings. The van der Waals surface area contributed by atoms with Crippen molar-refractivity contribution in [2.75, 3.05) is 5.32 Å². The number of hydrogen-bond acceptors (Lipinski definition) is 6. The lowest BCUT2D eigenvalue weighted by Gasteiger charge is -2.04. The van der Waals surface area contributed by atoms with Crippen molar-refractivity contribution in [3.8, 4) is 11.3 Å². The van der Waals surface area contributed by atoms with E-state index in [1.807, 2.05) is 42.5 Å². The van der Waals surface area contributed by atoms with E-state index < -0.39 is 0 Å². The number of rotatable bonds is 6. The third-order valence-corrected chi connectivity index (χ3v) is 5.31. The number of Topliss-reactive ketones (excluding diaryl/α,β-unsaturated/α-hetero) is 1. The summed E-state index contributed by atoms with van der Waals surface area (Å²) < 4.78 is 1.71. The van der Waals surface area contributed by atoms with Crippen molar-refractivity contribution in [2.45, 2.75) is 13.5 Å². The van der Waals surface area contributed by atoms with Gasteiger partial charge in [-0.05, 0) is 17.7 Å². The number of hydrogen-bond donors (Lipinski definition) is 1. The van der Waals surface area contributed by atoms with Crippen LogP contribution in [0.5, 0.6) is 0 Å². The van der Waals surface area contributed by atoms with Crippen molar-refractivity contribution < 1.29 is 9.59 Å². The first-order valence-corrected chi connectivity index (χ1v) is 9.71. The van der Waals surface area contributed by atoms with Crippen molar-refractivity contribution in [2.24, 2.45) is 0 Å². The van der Waals surface area contributed by atoms with Crippen LogP contribution in [0.25, 0.3) is 11.3 Å². The molecule has 4 aromatic rings. The van der Waals surface area contributed by atoms with E-state index in [1.165, 1.54) is 24.6 Å². The van der Waals surface area contributed by atoms with E-state index >= 15 is 0 Å². The standard InChI is InChI=1S/C21H17N5O2S/c1-14(27)19-18(16-5-3-2-4-6-16)24-21(29-19)25-20(28)17-9-7-15(8-10-17)11-26-13-22-12-23-26/h2-10,12-13H,11H2,1H3,(H,24,25,28). The molecule has 0 saturated carbocycles. The molecule has 0 spiro atoms. The molecule has 7 nitrogen and oxygen atoms in total. The summed E-state index contributed by atoms with van der Waals surface area (Å²) in [6.45, 7) is 2.08. The van der Waals surface area contributed by atoms with E-state index in [0.717, 1.165) is 11.1 Å². The summed E-state index contributed by atoms with van der Waals surface area (Å²) in [5.74, 6) is -0.361. The Bertz CT molecular complexity index is 1140. The van der Waals surface area contributed by atoms with Crippen molar-refractivity contribution in [3.63, 3.8) is 0 Å². The van der Waals surface area contributed by atoms with Gasteiger partial charge in [0.05, 0.1) is 17.1 Å². The van der Waals surface area contributed by atoms with Crippen LogP contribution in [0.15, 0.2) is 67.3 Å². The fourth-order valence-electron chi connectivity index (χ4n) is 2.84. The predicted molar refractivity (Wildman–Crippen MR) is 111 cm³/mol. The molecule has 0 aliphatic heterocycles. The van der Waals surface area contributed by atoms with Crippen LogP contribution >= 0.6 is 11.3 Å². The number of amides is 1. The van der Waals surface area contributed by atoms with Crippen LogP contribution in [0.1, 0.15) is 32.5 Å². The fourth-order valence-corrected chi connectivity index (χ4v) is 3.71. The second-order valence-electron chi connectivity index (χ2n) is 6.36. The fraction of sp³-hybridized carbons (Fsp3) is 0.0952. The SMILES string of the molecule is CC(=O)c1sc(NC(=O)c2ccc(Cn3cncn3)cc2)nc1-c1ccccc1. The van der Waals surface area contributed by atoms with Gasteiger partial charge in [0.1, 0.15) is 12.7 Å². The molecule has 29 heavy (non-hydrogen) atoms. The Morgan fingerprint density at radius 3 is 2.48 bits per heavy atom. The first kappa shape index (κ1) is 18.7. The maximum Gasteiger partial charge on any atom is 0.257 e. The quantitative estimate of drug-likeness (QED) is 0.493. The van der Waals surface area contributed by atoms with Crippen LogP contribution in [0.3, 0.4) is 0 Å². The van der Waals surface area contributed by atoms with Gasteiger partial charge < -0.3 is 0 Å². The number of aromatic nitrogens is 4. The Morgan fingerprint density at radius 2 is 1.83 bits per heavy atom. The zero-order valence-corrected chi connectivity index (χ0v) is 16.4. The lowest BCUT2D eigenvalue weighted by Crippen LogP contribution is -2.11. The molecule has 0 fully saturated rings. The van der Waals surface area contributed by atoms with Crippen molar-refractivity contribution >= 4 is 28.2 Å². The van der Waals surface area contributed by atoms with E-state index in [0.29, 0.717) is 27.8 Å². The number of benzene rings is 2. The zero-order chi connectivity index (χ0) is 20.2. The van der Waals surface area contributed by atoms with Gasteiger partial charge in [0.15, 0.2) is 10.9 Å². The molecule has 2 aromatic heterocycles. The van der Waals surface area contributed by atoms with Crippen LogP contribution in [0, 0.1) is 0 Å². The van der Waals surface area contributed by atoms with Crippen molar-refractivity contribution in [1.82, 2.24) is 19.7 Å². The third kappa shape index (κ3) is 4.27. The lowest BCUT2D eigenvalue weighted by atomic mass is 10.1. The molecule has 2 heterocycles. The van der Waals surface area contributed by atoms with Gasteiger partial charge in [-0.25, -0.2) is 14.6 Å². The highest BCUT2D eigenvalue weighted by atomic mass is 32.1. The zero-order valence-electron chi connectivity index (χ0n) is 15.6. The number of nitrogens with zero attached hydrogens (tertiary/aromatic N) is 4. The minimum absolute atomic E-state index is 0.0840. The first-order valence-electron chi connectivity index (χ1n) is 8.90. The van der Waals surface area contributed by atoms with Gasteiger partial charge in [-0.1, -0.05) is 53.8 Å². The Balaban J connectivity index is 1.51. The molecule has 0 aliphatic carbocycles. The Morgan fingerprint density at radius 1 is 1.07 bits per heavy atom. The number of carbonyl (C=O) groups excluding carboxylic acids is 2. The van der Waals surface area contributed by atoms with Crippen molar-refractivity contribution in [3.05, 3.63) is 83.3 Å². The third-order valence-electron chi connectivity index (χ3n) is 4.24. The Labute approximate surface area is 171 Å². The topological polar surface area (TPSA) is 89.8 Å². The molecule has 0 bridgehead atoms. The minimum atomic E-state index is -0.277. The van der Waals surface area contributed by atoms with E-state index in [-0.39, 0.29) is 11.7 Å². The number of ketones is 1. The second kappa shape index (κ2) is 8.15. The number of thiazole rings is 1. The largest absolute Gasteiger partial charge is 0.298 e. The van der Waals surface area contributed by atoms with Gasteiger partial charge in [0.25, 0.3) is 5.91 Å². The maximum absolute atomic E-state index is 12.6. The summed E-state index contributed by atoms with van der Waals surface area (Å²) in [4.78, 5) is 33.6. The van der Waals surface area contributed by atoms with E-state index in [4.69, 9.17) is 0 Å². The van der Waals surface area contributed by atoms with Crippen LogP contribution < -0.4 is 5.32 Å². The minimum Gasteiger partial charge on any atom is -0.298 e. The number of nitrogens with one attached hydrogen (secondary N) is 1. The van der Waals surface area contributed by atoms with Crippen LogP contribution in [-0.4, -0.2) is 31.4 Å². The monoisotopic (exact) mass is 403 g/mol. The summed E-state index contributed by atoms with van der Waals surface area (Å²) in [6, 6.07) is 16.7. The van der Waals surface area contributed by atoms with Crippen LogP contribution in [0.2, 0.25) is 0 Å². The normalized spacial score (nSPS) is 10.7. The average Bonchev–Trinajstić information content (AvgIpc) is 3.39. The molecule has 0 atom stereocenters. The first-order chi connectivity index (χ1) is 14.1. The van der Waals surface area contributed by atoms with Gasteiger partial charge in [-0.2, -0.15) is 5.10 Å². The summed E-state index contributed by atoms with van der Waals surface area (Å²) in [5, 5.41) is 7.26. The van der Waals surface area contributed by atoms with Gasteiger partial charge in [-0.3, -0.25) is 14.9 Å². The number of carbonyl (C=O) groups is 2. The van der Waals surface area contributed by atoms with Gasteiger partial charge in [0, 0.05) is 18.1 Å². The molecule has 0 radical (unpaired) electrons. The highest BCUT2D eigenvalue weighted by molar-refractivity contribution is 7.18. The van der Waals surface area contributed by atoms with E-state index in [1.54, 1.807) is 23.1 Å². The molecule has 0 saturated heterocycles. The van der Waals surface area contributed by atoms with E-state index in [9.17, 15) is 9.59 Å². The molecule has 144 valence electrons. The molecule has 1 N–H and O–H groups in total. The van der Waals surface area contributed by atoms with Gasteiger partial charge >= 0.3 is 0 Å². The summed E-state index contributed by atoms with van der Waals surface area (Å²) >= 11 is 1.18. The highest BCUT2D eigenvalue weighted by Gasteiger charge is 2.18. The smallest absolute Gasteiger partial charge is 0.257 e. The molecule has 8 heteroatoms. The summed E-state index contributed by atoms with van der Waals surface area (Å²) in [6.07, 6.45) is 3.12. The molecule has 4 rings (SSSR count). The Kier molecular flexibility index (Phi) is 5.26. The number of anilines is 1. The maximum atomic E-state index is 12.6. The second-order valence-corrected chi connectivity index (χ2v) is 7.36. The average molecular weight is 403 g/mol. The van der Waals surface area contributed by atoms with E-state index in [2.05, 4.69) is 20.4 Å². The van der Waals surface area contributed by atoms with Crippen molar-refractivity contribution in [1.29, 1.82) is 0 Å². The molecular weight excluding hydrogens is 386 g/mol. The van der Waals surface area contributed by atoms with Crippen LogP contribution in [0.4, 0.5) is 5.13 Å². The Hall–Kier alpha value is -3.65. The molecule has 2 aromatic carbocycles. The predicted octanol–water partition coefficient (Wildman–Crippen LogP) is 3.90. The molecule has 1 amide bonds. The van der Waals surface area contributed by atoms with Gasteiger partial charge in [-0.15, -0.1) is 0 Å². The summed E-state index contributed by atoms with van der Waals surface area (Å²) in [5.41, 5.74) is 2.94.